The van der Waals surface area contributed by atoms with E-state index in [0.717, 1.165) is 48.9 Å². The molecule has 1 heterocycles. The summed E-state index contributed by atoms with van der Waals surface area (Å²) in [6.07, 6.45) is 6.91. The summed E-state index contributed by atoms with van der Waals surface area (Å²) in [4.78, 5) is 31.7. The molecule has 3 aromatic rings. The predicted octanol–water partition coefficient (Wildman–Crippen LogP) is 6.09. The van der Waals surface area contributed by atoms with Crippen LogP contribution in [0, 0.1) is 0 Å². The van der Waals surface area contributed by atoms with Gasteiger partial charge in [0.15, 0.2) is 10.9 Å². The lowest BCUT2D eigenvalue weighted by molar-refractivity contribution is 0.102. The minimum absolute atomic E-state index is 0.0118. The Morgan fingerprint density at radius 2 is 1.88 bits per heavy atom. The molecule has 1 fully saturated rings. The maximum absolute atomic E-state index is 13.9. The largest absolute Gasteiger partial charge is 0.293 e. The predicted molar refractivity (Wildman–Crippen MR) is 134 cm³/mol. The maximum atomic E-state index is 13.9. The molecule has 6 heteroatoms. The second kappa shape index (κ2) is 8.96. The monoisotopic (exact) mass is 476 g/mol. The van der Waals surface area contributed by atoms with Crippen LogP contribution in [0.2, 0.25) is 5.02 Å². The summed E-state index contributed by atoms with van der Waals surface area (Å²) in [6.45, 7) is 4.22. The van der Waals surface area contributed by atoms with E-state index in [2.05, 4.69) is 24.8 Å². The average Bonchev–Trinajstić information content (AvgIpc) is 3.28. The van der Waals surface area contributed by atoms with E-state index in [-0.39, 0.29) is 22.5 Å². The molecule has 2 aliphatic carbocycles. The highest BCUT2D eigenvalue weighted by atomic mass is 35.5. The van der Waals surface area contributed by atoms with Gasteiger partial charge in [-0.1, -0.05) is 66.5 Å². The third kappa shape index (κ3) is 3.98. The molecule has 0 N–H and O–H groups in total. The zero-order valence-electron chi connectivity index (χ0n) is 18.4. The smallest absolute Gasteiger partial charge is 0.258 e. The molecule has 5 rings (SSSR count). The number of thioether (sulfide) groups is 1. The van der Waals surface area contributed by atoms with Crippen LogP contribution in [-0.4, -0.2) is 21.1 Å². The first-order valence-electron chi connectivity index (χ1n) is 11.3. The van der Waals surface area contributed by atoms with E-state index in [0.29, 0.717) is 22.3 Å². The van der Waals surface area contributed by atoms with Gasteiger partial charge < -0.3 is 0 Å². The number of halogens is 1. The van der Waals surface area contributed by atoms with Crippen LogP contribution < -0.4 is 5.56 Å². The molecule has 0 radical (unpaired) electrons. The van der Waals surface area contributed by atoms with E-state index < -0.39 is 0 Å². The molecule has 2 aromatic carbocycles. The molecule has 4 nitrogen and oxygen atoms in total. The summed E-state index contributed by atoms with van der Waals surface area (Å²) in [6, 6.07) is 15.2. The molecule has 0 amide bonds. The lowest BCUT2D eigenvalue weighted by Gasteiger charge is -2.36. The lowest BCUT2D eigenvalue weighted by atomic mass is 9.68. The third-order valence-electron chi connectivity index (χ3n) is 6.84. The third-order valence-corrected chi connectivity index (χ3v) is 8.07. The van der Waals surface area contributed by atoms with Crippen LogP contribution in [0.15, 0.2) is 71.1 Å². The molecule has 2 aliphatic rings. The number of hydrogen-bond acceptors (Lipinski definition) is 4. The zero-order valence-corrected chi connectivity index (χ0v) is 19.9. The van der Waals surface area contributed by atoms with E-state index in [1.54, 1.807) is 34.9 Å². The summed E-state index contributed by atoms with van der Waals surface area (Å²) in [5, 5.41) is 1.15. The number of allylic oxidation sites excluding steroid dienone is 1. The van der Waals surface area contributed by atoms with Gasteiger partial charge in [0.1, 0.15) is 0 Å². The van der Waals surface area contributed by atoms with Gasteiger partial charge in [-0.3, -0.25) is 14.2 Å². The zero-order chi connectivity index (χ0) is 23.0. The molecular formula is C27H25ClN2O2S. The molecule has 1 aromatic heterocycles. The van der Waals surface area contributed by atoms with E-state index in [1.165, 1.54) is 17.3 Å². The highest BCUT2D eigenvalue weighted by molar-refractivity contribution is 7.99. The molecule has 0 bridgehead atoms. The number of Topliss-reactive ketones (excluding diaryl/α,β-unsaturated/α-hetero) is 1. The number of carbonyl (C=O) groups excluding carboxylic acids is 1. The quantitative estimate of drug-likeness (QED) is 0.187. The second-order valence-electron chi connectivity index (χ2n) is 8.86. The fourth-order valence-electron chi connectivity index (χ4n) is 5.29. The Bertz CT molecular complexity index is 1290. The normalized spacial score (nSPS) is 15.8. The first kappa shape index (κ1) is 22.2. The molecule has 1 spiro atoms. The summed E-state index contributed by atoms with van der Waals surface area (Å²) < 4.78 is 1.69. The fourth-order valence-corrected chi connectivity index (χ4v) is 6.32. The summed E-state index contributed by atoms with van der Waals surface area (Å²) >= 11 is 7.26. The van der Waals surface area contributed by atoms with Crippen LogP contribution in [-0.2, 0) is 18.4 Å². The standard InChI is InChI=1S/C27H25ClN2O2S/c1-2-15-30-25(32)23-24(21-8-4-3-7-19(21)16-27(23)13-5-6-14-27)29-26(30)33-17-22(31)18-9-11-20(28)12-10-18/h2-4,7-12H,1,5-6,13-17H2. The van der Waals surface area contributed by atoms with Crippen molar-refractivity contribution in [1.29, 1.82) is 0 Å². The SMILES string of the molecule is C=CCn1c(SCC(=O)c2ccc(Cl)cc2)nc2c(c1=O)C1(CCCC1)Cc1ccccc1-2. The number of fused-ring (bicyclic) bond motifs is 4. The van der Waals surface area contributed by atoms with Crippen molar-refractivity contribution in [2.24, 2.45) is 0 Å². The second-order valence-corrected chi connectivity index (χ2v) is 10.2. The number of nitrogens with zero attached hydrogens (tertiary/aromatic N) is 2. The van der Waals surface area contributed by atoms with Crippen LogP contribution in [0.25, 0.3) is 11.3 Å². The van der Waals surface area contributed by atoms with Gasteiger partial charge in [0.2, 0.25) is 0 Å². The average molecular weight is 477 g/mol. The summed E-state index contributed by atoms with van der Waals surface area (Å²) in [7, 11) is 0. The molecule has 0 unspecified atom stereocenters. The van der Waals surface area contributed by atoms with E-state index in [1.807, 2.05) is 6.07 Å². The van der Waals surface area contributed by atoms with Crippen molar-refractivity contribution in [2.75, 3.05) is 5.75 Å². The Balaban J connectivity index is 1.59. The topological polar surface area (TPSA) is 52.0 Å². The van der Waals surface area contributed by atoms with Gasteiger partial charge in [-0.05, 0) is 49.1 Å². The van der Waals surface area contributed by atoms with Crippen molar-refractivity contribution in [1.82, 2.24) is 9.55 Å². The van der Waals surface area contributed by atoms with Crippen LogP contribution in [0.3, 0.4) is 0 Å². The molecule has 33 heavy (non-hydrogen) atoms. The first-order valence-corrected chi connectivity index (χ1v) is 12.6. The molecule has 0 aliphatic heterocycles. The highest BCUT2D eigenvalue weighted by Gasteiger charge is 2.44. The Hall–Kier alpha value is -2.63. The van der Waals surface area contributed by atoms with Crippen molar-refractivity contribution < 1.29 is 4.79 Å². The minimum Gasteiger partial charge on any atom is -0.293 e. The van der Waals surface area contributed by atoms with Gasteiger partial charge in [-0.25, -0.2) is 4.98 Å². The van der Waals surface area contributed by atoms with Gasteiger partial charge in [0.25, 0.3) is 5.56 Å². The van der Waals surface area contributed by atoms with E-state index in [9.17, 15) is 9.59 Å². The lowest BCUT2D eigenvalue weighted by Crippen LogP contribution is -2.40. The van der Waals surface area contributed by atoms with Gasteiger partial charge >= 0.3 is 0 Å². The number of rotatable bonds is 6. The maximum Gasteiger partial charge on any atom is 0.258 e. The Morgan fingerprint density at radius 3 is 2.61 bits per heavy atom. The van der Waals surface area contributed by atoms with Crippen LogP contribution >= 0.6 is 23.4 Å². The number of hydrogen-bond donors (Lipinski definition) is 0. The van der Waals surface area contributed by atoms with Crippen molar-refractivity contribution in [3.63, 3.8) is 0 Å². The van der Waals surface area contributed by atoms with Crippen molar-refractivity contribution in [2.45, 2.75) is 49.2 Å². The molecular weight excluding hydrogens is 452 g/mol. The van der Waals surface area contributed by atoms with Crippen LogP contribution in [0.1, 0.15) is 47.2 Å². The molecule has 1 saturated carbocycles. The Kier molecular flexibility index (Phi) is 6.02. The summed E-state index contributed by atoms with van der Waals surface area (Å²) in [5.41, 5.74) is 4.42. The Labute approximate surface area is 202 Å². The number of benzene rings is 2. The summed E-state index contributed by atoms with van der Waals surface area (Å²) in [5.74, 6) is 0.165. The fraction of sp³-hybridized carbons (Fsp3) is 0.296. The molecule has 0 atom stereocenters. The van der Waals surface area contributed by atoms with Gasteiger partial charge in [-0.2, -0.15) is 0 Å². The van der Waals surface area contributed by atoms with Gasteiger partial charge in [0, 0.05) is 28.1 Å². The van der Waals surface area contributed by atoms with Crippen LogP contribution in [0.5, 0.6) is 0 Å². The van der Waals surface area contributed by atoms with Gasteiger partial charge in [-0.15, -0.1) is 6.58 Å². The minimum atomic E-state index is -0.140. The van der Waals surface area contributed by atoms with Crippen LogP contribution in [0.4, 0.5) is 0 Å². The molecule has 168 valence electrons. The van der Waals surface area contributed by atoms with E-state index in [4.69, 9.17) is 16.6 Å². The first-order chi connectivity index (χ1) is 16.0. The van der Waals surface area contributed by atoms with Crippen molar-refractivity contribution in [3.05, 3.63) is 93.3 Å². The number of ketones is 1. The van der Waals surface area contributed by atoms with Crippen molar-refractivity contribution in [3.8, 4) is 11.3 Å². The number of aromatic nitrogens is 2. The number of carbonyl (C=O) groups is 1. The highest BCUT2D eigenvalue weighted by Crippen LogP contribution is 2.49. The Morgan fingerprint density at radius 1 is 1.15 bits per heavy atom. The van der Waals surface area contributed by atoms with E-state index >= 15 is 0 Å². The van der Waals surface area contributed by atoms with Gasteiger partial charge in [0.05, 0.1) is 17.0 Å². The molecule has 0 saturated heterocycles. The van der Waals surface area contributed by atoms with Crippen molar-refractivity contribution >= 4 is 29.1 Å².